The van der Waals surface area contributed by atoms with Gasteiger partial charge in [-0.25, -0.2) is 0 Å². The van der Waals surface area contributed by atoms with Crippen LogP contribution >= 0.6 is 0 Å². The summed E-state index contributed by atoms with van der Waals surface area (Å²) >= 11 is 0. The van der Waals surface area contributed by atoms with Gasteiger partial charge >= 0.3 is 6.18 Å². The summed E-state index contributed by atoms with van der Waals surface area (Å²) < 4.78 is 37.8. The van der Waals surface area contributed by atoms with Crippen molar-refractivity contribution < 1.29 is 13.2 Å². The Hall–Kier alpha value is -2.04. The van der Waals surface area contributed by atoms with E-state index in [4.69, 9.17) is 5.73 Å². The van der Waals surface area contributed by atoms with Gasteiger partial charge in [-0.05, 0) is 31.2 Å². The van der Waals surface area contributed by atoms with Gasteiger partial charge in [0.05, 0.1) is 22.6 Å². The van der Waals surface area contributed by atoms with Gasteiger partial charge in [0, 0.05) is 5.56 Å². The summed E-state index contributed by atoms with van der Waals surface area (Å²) in [5.41, 5.74) is 6.96. The predicted molar refractivity (Wildman–Crippen MR) is 63.8 cm³/mol. The number of aryl methyl sites for hydroxylation is 1. The number of nitrogen functional groups attached to an aromatic ring is 1. The van der Waals surface area contributed by atoms with E-state index in [1.807, 2.05) is 0 Å². The first-order valence-electron chi connectivity index (χ1n) is 5.28. The first-order chi connectivity index (χ1) is 8.38. The van der Waals surface area contributed by atoms with Crippen molar-refractivity contribution in [1.29, 1.82) is 0 Å². The molecule has 0 bridgehead atoms. The van der Waals surface area contributed by atoms with E-state index in [0.29, 0.717) is 22.6 Å². The number of rotatable bonds is 1. The molecule has 0 saturated heterocycles. The molecule has 1 heterocycles. The normalized spacial score (nSPS) is 11.6. The second-order valence-corrected chi connectivity index (χ2v) is 3.95. The fourth-order valence-electron chi connectivity index (χ4n) is 1.59. The maximum absolute atomic E-state index is 12.6. The van der Waals surface area contributed by atoms with Gasteiger partial charge in [0.15, 0.2) is 0 Å². The van der Waals surface area contributed by atoms with Crippen LogP contribution in [-0.2, 0) is 6.18 Å². The van der Waals surface area contributed by atoms with Gasteiger partial charge in [-0.1, -0.05) is 12.1 Å². The van der Waals surface area contributed by atoms with Crippen LogP contribution < -0.4 is 5.73 Å². The lowest BCUT2D eigenvalue weighted by atomic mass is 10.1. The monoisotopic (exact) mass is 252 g/mol. The Labute approximate surface area is 102 Å². The van der Waals surface area contributed by atoms with Crippen molar-refractivity contribution in [1.82, 2.24) is 4.98 Å². The number of halogens is 3. The van der Waals surface area contributed by atoms with Gasteiger partial charge in [-0.3, -0.25) is 4.98 Å². The minimum atomic E-state index is -4.35. The number of pyridine rings is 1. The molecule has 5 heteroatoms. The Balaban J connectivity index is 2.48. The minimum Gasteiger partial charge on any atom is -0.397 e. The van der Waals surface area contributed by atoms with E-state index in [0.717, 1.165) is 12.1 Å². The Morgan fingerprint density at radius 1 is 1.11 bits per heavy atom. The third-order valence-corrected chi connectivity index (χ3v) is 2.61. The number of alkyl halides is 3. The molecule has 0 atom stereocenters. The molecule has 1 aromatic heterocycles. The number of hydrogen-bond donors (Lipinski definition) is 1. The average molecular weight is 252 g/mol. The fourth-order valence-corrected chi connectivity index (χ4v) is 1.59. The number of nitrogens with two attached hydrogens (primary N) is 1. The molecule has 18 heavy (non-hydrogen) atoms. The molecule has 0 spiro atoms. The number of hydrogen-bond acceptors (Lipinski definition) is 2. The van der Waals surface area contributed by atoms with E-state index >= 15 is 0 Å². The van der Waals surface area contributed by atoms with Gasteiger partial charge in [0.1, 0.15) is 0 Å². The SMILES string of the molecule is Cc1nc(-c2cccc(C(F)(F)F)c2)ccc1N. The molecule has 0 radical (unpaired) electrons. The minimum absolute atomic E-state index is 0.424. The lowest BCUT2D eigenvalue weighted by molar-refractivity contribution is -0.137. The van der Waals surface area contributed by atoms with E-state index in [1.165, 1.54) is 6.07 Å². The standard InChI is InChI=1S/C13H11F3N2/c1-8-11(17)5-6-12(18-8)9-3-2-4-10(7-9)13(14,15)16/h2-7H,17H2,1H3. The molecular weight excluding hydrogens is 241 g/mol. The van der Waals surface area contributed by atoms with Crippen LogP contribution in [0.4, 0.5) is 18.9 Å². The molecule has 2 nitrogen and oxygen atoms in total. The van der Waals surface area contributed by atoms with Crippen LogP contribution in [0.15, 0.2) is 36.4 Å². The molecule has 2 aromatic rings. The summed E-state index contributed by atoms with van der Waals surface area (Å²) in [6, 6.07) is 8.32. The van der Waals surface area contributed by atoms with E-state index in [-0.39, 0.29) is 0 Å². The molecule has 1 aromatic carbocycles. The summed E-state index contributed by atoms with van der Waals surface area (Å²) in [5, 5.41) is 0. The Morgan fingerprint density at radius 3 is 2.44 bits per heavy atom. The summed E-state index contributed by atoms with van der Waals surface area (Å²) in [6.45, 7) is 1.71. The van der Waals surface area contributed by atoms with Crippen LogP contribution in [0.5, 0.6) is 0 Å². The zero-order valence-corrected chi connectivity index (χ0v) is 9.62. The van der Waals surface area contributed by atoms with Crippen LogP contribution in [0.1, 0.15) is 11.3 Å². The molecule has 0 unspecified atom stereocenters. The molecule has 0 fully saturated rings. The highest BCUT2D eigenvalue weighted by molar-refractivity contribution is 5.62. The van der Waals surface area contributed by atoms with Crippen LogP contribution in [-0.4, -0.2) is 4.98 Å². The number of anilines is 1. The van der Waals surface area contributed by atoms with Crippen molar-refractivity contribution >= 4 is 5.69 Å². The van der Waals surface area contributed by atoms with E-state index in [2.05, 4.69) is 4.98 Å². The third-order valence-electron chi connectivity index (χ3n) is 2.61. The summed E-state index contributed by atoms with van der Waals surface area (Å²) in [5.74, 6) is 0. The largest absolute Gasteiger partial charge is 0.416 e. The molecule has 2 N–H and O–H groups in total. The number of benzene rings is 1. The molecule has 0 aliphatic heterocycles. The maximum atomic E-state index is 12.6. The van der Waals surface area contributed by atoms with Crippen LogP contribution in [0, 0.1) is 6.92 Å². The van der Waals surface area contributed by atoms with Gasteiger partial charge < -0.3 is 5.73 Å². The van der Waals surface area contributed by atoms with Gasteiger partial charge in [0.2, 0.25) is 0 Å². The topological polar surface area (TPSA) is 38.9 Å². The van der Waals surface area contributed by atoms with Gasteiger partial charge in [0.25, 0.3) is 0 Å². The lowest BCUT2D eigenvalue weighted by Crippen LogP contribution is -2.04. The molecule has 0 saturated carbocycles. The van der Waals surface area contributed by atoms with Gasteiger partial charge in [-0.15, -0.1) is 0 Å². The second kappa shape index (κ2) is 4.33. The number of aromatic nitrogens is 1. The van der Waals surface area contributed by atoms with Crippen LogP contribution in [0.25, 0.3) is 11.3 Å². The maximum Gasteiger partial charge on any atom is 0.416 e. The van der Waals surface area contributed by atoms with Crippen molar-refractivity contribution in [3.8, 4) is 11.3 Å². The zero-order valence-electron chi connectivity index (χ0n) is 9.62. The second-order valence-electron chi connectivity index (χ2n) is 3.95. The molecule has 0 aliphatic carbocycles. The van der Waals surface area contributed by atoms with E-state index in [9.17, 15) is 13.2 Å². The fraction of sp³-hybridized carbons (Fsp3) is 0.154. The van der Waals surface area contributed by atoms with Crippen molar-refractivity contribution in [3.05, 3.63) is 47.7 Å². The highest BCUT2D eigenvalue weighted by Crippen LogP contribution is 2.31. The van der Waals surface area contributed by atoms with Crippen LogP contribution in [0.2, 0.25) is 0 Å². The zero-order chi connectivity index (χ0) is 13.3. The lowest BCUT2D eigenvalue weighted by Gasteiger charge is -2.09. The Morgan fingerprint density at radius 2 is 1.83 bits per heavy atom. The van der Waals surface area contributed by atoms with E-state index < -0.39 is 11.7 Å². The van der Waals surface area contributed by atoms with Crippen molar-refractivity contribution in [2.24, 2.45) is 0 Å². The Kier molecular flexibility index (Phi) is 2.98. The molecule has 0 aliphatic rings. The van der Waals surface area contributed by atoms with Crippen molar-refractivity contribution in [2.45, 2.75) is 13.1 Å². The first-order valence-corrected chi connectivity index (χ1v) is 5.28. The van der Waals surface area contributed by atoms with Crippen molar-refractivity contribution in [3.63, 3.8) is 0 Å². The smallest absolute Gasteiger partial charge is 0.397 e. The highest BCUT2D eigenvalue weighted by atomic mass is 19.4. The quantitative estimate of drug-likeness (QED) is 0.841. The summed E-state index contributed by atoms with van der Waals surface area (Å²) in [7, 11) is 0. The number of nitrogens with zero attached hydrogens (tertiary/aromatic N) is 1. The van der Waals surface area contributed by atoms with Crippen LogP contribution in [0.3, 0.4) is 0 Å². The summed E-state index contributed by atoms with van der Waals surface area (Å²) in [4.78, 5) is 4.17. The molecule has 2 rings (SSSR count). The molecule has 94 valence electrons. The average Bonchev–Trinajstić information content (AvgIpc) is 2.32. The third kappa shape index (κ3) is 2.45. The van der Waals surface area contributed by atoms with E-state index in [1.54, 1.807) is 25.1 Å². The first kappa shape index (κ1) is 12.4. The highest BCUT2D eigenvalue weighted by Gasteiger charge is 2.30. The molecular formula is C13H11F3N2. The predicted octanol–water partition coefficient (Wildman–Crippen LogP) is 3.66. The molecule has 0 amide bonds. The van der Waals surface area contributed by atoms with Crippen molar-refractivity contribution in [2.75, 3.05) is 5.73 Å². The summed E-state index contributed by atoms with van der Waals surface area (Å²) in [6.07, 6.45) is -4.35. The van der Waals surface area contributed by atoms with Gasteiger partial charge in [-0.2, -0.15) is 13.2 Å². The Bertz CT molecular complexity index is 577.